The normalized spacial score (nSPS) is 21.3. The third-order valence-corrected chi connectivity index (χ3v) is 5.63. The maximum Gasteiger partial charge on any atom is 0.323 e. The van der Waals surface area contributed by atoms with E-state index in [0.717, 1.165) is 5.52 Å². The molecule has 0 spiro atoms. The molecule has 1 aliphatic rings. The van der Waals surface area contributed by atoms with Crippen LogP contribution in [0.1, 0.15) is 22.2 Å². The van der Waals surface area contributed by atoms with Crippen molar-refractivity contribution in [3.63, 3.8) is 0 Å². The highest BCUT2D eigenvalue weighted by Crippen LogP contribution is 2.41. The minimum absolute atomic E-state index is 0.0512. The number of para-hydroxylation sites is 1. The first-order valence-electron chi connectivity index (χ1n) is 7.63. The molecule has 2 aromatic heterocycles. The summed E-state index contributed by atoms with van der Waals surface area (Å²) in [4.78, 5) is 19.2. The molecule has 2 atom stereocenters. The Bertz CT molecular complexity index is 853. The number of H-pyrrole nitrogens is 1. The molecule has 1 aliphatic heterocycles. The van der Waals surface area contributed by atoms with Crippen LogP contribution in [0, 0.1) is 0 Å². The van der Waals surface area contributed by atoms with Gasteiger partial charge in [0.15, 0.2) is 0 Å². The molecule has 3 aromatic rings. The fraction of sp³-hybridized carbons (Fsp3) is 0.278. The number of methoxy groups -OCH3 is 1. The highest BCUT2D eigenvalue weighted by Gasteiger charge is 2.39. The Balaban J connectivity index is 1.93. The van der Waals surface area contributed by atoms with Crippen molar-refractivity contribution in [3.05, 3.63) is 57.9 Å². The Morgan fingerprint density at radius 3 is 2.87 bits per heavy atom. The minimum atomic E-state index is -0.265. The molecule has 4 rings (SSSR count). The number of carbonyl (C=O) groups is 1. The lowest BCUT2D eigenvalue weighted by molar-refractivity contribution is -0.147. The zero-order valence-corrected chi connectivity index (χ0v) is 13.9. The fourth-order valence-corrected chi connectivity index (χ4v) is 4.45. The first-order valence-corrected chi connectivity index (χ1v) is 8.51. The fourth-order valence-electron chi connectivity index (χ4n) is 3.57. The summed E-state index contributed by atoms with van der Waals surface area (Å²) in [7, 11) is 3.46. The van der Waals surface area contributed by atoms with E-state index >= 15 is 0 Å². The molecule has 0 radical (unpaired) electrons. The summed E-state index contributed by atoms with van der Waals surface area (Å²) in [6.45, 7) is 0. The van der Waals surface area contributed by atoms with E-state index in [0.29, 0.717) is 6.42 Å². The van der Waals surface area contributed by atoms with Gasteiger partial charge in [-0.15, -0.1) is 11.3 Å². The molecular weight excluding hydrogens is 308 g/mol. The van der Waals surface area contributed by atoms with Crippen molar-refractivity contribution in [2.75, 3.05) is 14.2 Å². The highest BCUT2D eigenvalue weighted by molar-refractivity contribution is 7.10. The van der Waals surface area contributed by atoms with Crippen LogP contribution in [0.3, 0.4) is 0 Å². The SMILES string of the molecule is COC(=O)[C@@H]1Cc2c([nH]c3ccccc23)[C@@H](c2cccs2)N1C. The monoisotopic (exact) mass is 326 g/mol. The smallest absolute Gasteiger partial charge is 0.323 e. The van der Waals surface area contributed by atoms with Gasteiger partial charge in [0.05, 0.1) is 13.2 Å². The topological polar surface area (TPSA) is 45.3 Å². The predicted molar refractivity (Wildman–Crippen MR) is 91.7 cm³/mol. The van der Waals surface area contributed by atoms with Crippen LogP contribution in [0.4, 0.5) is 0 Å². The maximum absolute atomic E-state index is 12.3. The standard InChI is InChI=1S/C18H18N2O2S/c1-20-14(18(21)22-2)10-12-11-6-3-4-7-13(11)19-16(12)17(20)15-8-5-9-23-15/h3-9,14,17,19H,10H2,1-2H3/t14-,17+/m0/s1. The van der Waals surface area contributed by atoms with Crippen molar-refractivity contribution in [2.24, 2.45) is 0 Å². The number of benzene rings is 1. The molecule has 5 heteroatoms. The van der Waals surface area contributed by atoms with Crippen LogP contribution in [0.15, 0.2) is 41.8 Å². The van der Waals surface area contributed by atoms with Gasteiger partial charge in [-0.3, -0.25) is 9.69 Å². The Morgan fingerprint density at radius 1 is 1.30 bits per heavy atom. The number of nitrogens with zero attached hydrogens (tertiary/aromatic N) is 1. The Morgan fingerprint density at radius 2 is 2.13 bits per heavy atom. The second kappa shape index (κ2) is 5.51. The molecule has 0 aliphatic carbocycles. The van der Waals surface area contributed by atoms with Crippen LogP contribution in [0.25, 0.3) is 10.9 Å². The van der Waals surface area contributed by atoms with Gasteiger partial charge in [-0.05, 0) is 30.1 Å². The summed E-state index contributed by atoms with van der Waals surface area (Å²) >= 11 is 1.71. The van der Waals surface area contributed by atoms with Gasteiger partial charge in [0.1, 0.15) is 6.04 Å². The van der Waals surface area contributed by atoms with Crippen molar-refractivity contribution in [3.8, 4) is 0 Å². The number of carbonyl (C=O) groups excluding carboxylic acids is 1. The molecule has 23 heavy (non-hydrogen) atoms. The summed E-state index contributed by atoms with van der Waals surface area (Å²) < 4.78 is 5.04. The number of aromatic amines is 1. The van der Waals surface area contributed by atoms with Gasteiger partial charge in [-0.25, -0.2) is 0 Å². The van der Waals surface area contributed by atoms with Crippen LogP contribution in [0.2, 0.25) is 0 Å². The van der Waals surface area contributed by atoms with E-state index in [1.165, 1.54) is 28.6 Å². The van der Waals surface area contributed by atoms with Crippen molar-refractivity contribution in [1.82, 2.24) is 9.88 Å². The van der Waals surface area contributed by atoms with Crippen molar-refractivity contribution >= 4 is 28.2 Å². The molecule has 1 N–H and O–H groups in total. The number of likely N-dealkylation sites (N-methyl/N-ethyl adjacent to an activating group) is 1. The number of hydrogen-bond acceptors (Lipinski definition) is 4. The molecule has 0 bridgehead atoms. The molecule has 118 valence electrons. The molecular formula is C18H18N2O2S. The number of thiophene rings is 1. The number of fused-ring (bicyclic) bond motifs is 3. The lowest BCUT2D eigenvalue weighted by Crippen LogP contribution is -2.46. The van der Waals surface area contributed by atoms with E-state index in [1.54, 1.807) is 11.3 Å². The Kier molecular flexibility index (Phi) is 3.47. The maximum atomic E-state index is 12.3. The third kappa shape index (κ3) is 2.19. The molecule has 0 fully saturated rings. The van der Waals surface area contributed by atoms with E-state index in [9.17, 15) is 4.79 Å². The molecule has 0 unspecified atom stereocenters. The molecule has 0 amide bonds. The second-order valence-corrected chi connectivity index (χ2v) is 6.87. The first kappa shape index (κ1) is 14.5. The van der Waals surface area contributed by atoms with Crippen LogP contribution < -0.4 is 0 Å². The van der Waals surface area contributed by atoms with E-state index < -0.39 is 0 Å². The zero-order chi connectivity index (χ0) is 16.0. The van der Waals surface area contributed by atoms with E-state index in [4.69, 9.17) is 4.74 Å². The molecule has 0 saturated heterocycles. The number of hydrogen-bond donors (Lipinski definition) is 1. The van der Waals surface area contributed by atoms with Gasteiger partial charge in [0.25, 0.3) is 0 Å². The van der Waals surface area contributed by atoms with Crippen LogP contribution in [0.5, 0.6) is 0 Å². The summed E-state index contributed by atoms with van der Waals surface area (Å²) in [6.07, 6.45) is 0.671. The molecule has 1 aromatic carbocycles. The lowest BCUT2D eigenvalue weighted by atomic mass is 9.91. The van der Waals surface area contributed by atoms with E-state index in [1.807, 2.05) is 19.2 Å². The van der Waals surface area contributed by atoms with Gasteiger partial charge >= 0.3 is 5.97 Å². The minimum Gasteiger partial charge on any atom is -0.468 e. The number of rotatable bonds is 2. The van der Waals surface area contributed by atoms with Gasteiger partial charge in [0.2, 0.25) is 0 Å². The summed E-state index contributed by atoms with van der Waals surface area (Å²) in [5.41, 5.74) is 3.54. The van der Waals surface area contributed by atoms with Crippen LogP contribution >= 0.6 is 11.3 Å². The largest absolute Gasteiger partial charge is 0.468 e. The van der Waals surface area contributed by atoms with E-state index in [2.05, 4.69) is 39.5 Å². The van der Waals surface area contributed by atoms with Gasteiger partial charge in [0, 0.05) is 27.9 Å². The summed E-state index contributed by atoms with van der Waals surface area (Å²) in [6, 6.07) is 12.3. The zero-order valence-electron chi connectivity index (χ0n) is 13.1. The Labute approximate surface area is 138 Å². The highest BCUT2D eigenvalue weighted by atomic mass is 32.1. The van der Waals surface area contributed by atoms with Crippen LogP contribution in [-0.2, 0) is 16.0 Å². The third-order valence-electron chi connectivity index (χ3n) is 4.70. The number of esters is 1. The quantitative estimate of drug-likeness (QED) is 0.735. The van der Waals surface area contributed by atoms with Gasteiger partial charge in [-0.1, -0.05) is 24.3 Å². The predicted octanol–water partition coefficient (Wildman–Crippen LogP) is 3.35. The van der Waals surface area contributed by atoms with Crippen molar-refractivity contribution < 1.29 is 9.53 Å². The van der Waals surface area contributed by atoms with Gasteiger partial charge in [-0.2, -0.15) is 0 Å². The van der Waals surface area contributed by atoms with Gasteiger partial charge < -0.3 is 9.72 Å². The second-order valence-electron chi connectivity index (χ2n) is 5.89. The molecule has 3 heterocycles. The van der Waals surface area contributed by atoms with E-state index in [-0.39, 0.29) is 18.1 Å². The van der Waals surface area contributed by atoms with Crippen molar-refractivity contribution in [1.29, 1.82) is 0 Å². The molecule has 4 nitrogen and oxygen atoms in total. The summed E-state index contributed by atoms with van der Waals surface area (Å²) in [5, 5.41) is 3.28. The Hall–Kier alpha value is -2.11. The number of ether oxygens (including phenoxy) is 1. The lowest BCUT2D eigenvalue weighted by Gasteiger charge is -2.37. The number of aromatic nitrogens is 1. The molecule has 0 saturated carbocycles. The first-order chi connectivity index (χ1) is 11.2. The van der Waals surface area contributed by atoms with Crippen LogP contribution in [-0.4, -0.2) is 36.1 Å². The number of nitrogens with one attached hydrogen (secondary N) is 1. The summed E-state index contributed by atoms with van der Waals surface area (Å²) in [5.74, 6) is -0.176. The average molecular weight is 326 g/mol. The van der Waals surface area contributed by atoms with Crippen molar-refractivity contribution in [2.45, 2.75) is 18.5 Å². The average Bonchev–Trinajstić information content (AvgIpc) is 3.21.